The minimum Gasteiger partial charge on any atom is -0.449 e. The van der Waals surface area contributed by atoms with Crippen LogP contribution in [-0.2, 0) is 27.2 Å². The Hall–Kier alpha value is -3.18. The monoisotopic (exact) mass is 411 g/mol. The summed E-state index contributed by atoms with van der Waals surface area (Å²) >= 11 is 1.40. The quantitative estimate of drug-likeness (QED) is 0.730. The van der Waals surface area contributed by atoms with Crippen molar-refractivity contribution >= 4 is 39.8 Å². The highest BCUT2D eigenvalue weighted by molar-refractivity contribution is 7.17. The van der Waals surface area contributed by atoms with Crippen LogP contribution in [-0.4, -0.2) is 23.9 Å². The summed E-state index contributed by atoms with van der Waals surface area (Å²) in [4.78, 5) is 37.9. The fourth-order valence-corrected chi connectivity index (χ4v) is 4.54. The van der Waals surface area contributed by atoms with Gasteiger partial charge < -0.3 is 15.4 Å². The Labute approximate surface area is 172 Å². The Kier molecular flexibility index (Phi) is 6.29. The average Bonchev–Trinajstić information content (AvgIpc) is 3.05. The van der Waals surface area contributed by atoms with Gasteiger partial charge in [0.2, 0.25) is 5.91 Å². The van der Waals surface area contributed by atoms with Crippen molar-refractivity contribution < 1.29 is 19.1 Å². The number of fused-ring (bicyclic) bond motifs is 1. The summed E-state index contributed by atoms with van der Waals surface area (Å²) < 4.78 is 5.41. The number of anilines is 2. The van der Waals surface area contributed by atoms with E-state index in [1.54, 1.807) is 18.2 Å². The molecule has 150 valence electrons. The number of nitrogens with zero attached hydrogens (tertiary/aromatic N) is 1. The highest BCUT2D eigenvalue weighted by Crippen LogP contribution is 2.38. The number of ether oxygens (including phenoxy) is 1. The number of hydrogen-bond donors (Lipinski definition) is 2. The number of esters is 1. The highest BCUT2D eigenvalue weighted by atomic mass is 32.1. The maximum absolute atomic E-state index is 12.9. The second-order valence-corrected chi connectivity index (χ2v) is 7.93. The zero-order valence-electron chi connectivity index (χ0n) is 16.2. The summed E-state index contributed by atoms with van der Waals surface area (Å²) in [5.41, 5.74) is 2.12. The van der Waals surface area contributed by atoms with Crippen molar-refractivity contribution in [3.05, 3.63) is 45.8 Å². The van der Waals surface area contributed by atoms with Gasteiger partial charge in [-0.2, -0.15) is 5.26 Å². The number of benzene rings is 1. The topological polar surface area (TPSA) is 108 Å². The smallest absolute Gasteiger partial charge is 0.342 e. The lowest BCUT2D eigenvalue weighted by atomic mass is 9.95. The molecule has 1 aromatic carbocycles. The molecular formula is C21H21N3O4S. The van der Waals surface area contributed by atoms with Crippen LogP contribution >= 0.6 is 11.3 Å². The molecule has 1 atom stereocenters. The third-order valence-electron chi connectivity index (χ3n) is 4.58. The second-order valence-electron chi connectivity index (χ2n) is 6.83. The molecule has 8 heteroatoms. The van der Waals surface area contributed by atoms with E-state index >= 15 is 0 Å². The van der Waals surface area contributed by atoms with E-state index < -0.39 is 18.0 Å². The fraction of sp³-hybridized carbons (Fsp3) is 0.333. The van der Waals surface area contributed by atoms with Crippen LogP contribution in [0.25, 0.3) is 0 Å². The summed E-state index contributed by atoms with van der Waals surface area (Å²) in [6, 6.07) is 8.47. The van der Waals surface area contributed by atoms with Crippen LogP contribution in [0, 0.1) is 11.3 Å². The minimum absolute atomic E-state index is 0.263. The van der Waals surface area contributed by atoms with Gasteiger partial charge in [0, 0.05) is 17.5 Å². The minimum atomic E-state index is -1.04. The van der Waals surface area contributed by atoms with Gasteiger partial charge in [-0.05, 0) is 56.4 Å². The summed E-state index contributed by atoms with van der Waals surface area (Å²) in [7, 11) is 0. The summed E-state index contributed by atoms with van der Waals surface area (Å²) in [6.45, 7) is 2.87. The van der Waals surface area contributed by atoms with E-state index in [1.807, 2.05) is 6.07 Å². The molecule has 2 amide bonds. The summed E-state index contributed by atoms with van der Waals surface area (Å²) in [6.07, 6.45) is 2.58. The van der Waals surface area contributed by atoms with Crippen LogP contribution in [0.1, 0.15) is 53.1 Å². The molecule has 0 fully saturated rings. The first-order chi connectivity index (χ1) is 13.9. The molecule has 29 heavy (non-hydrogen) atoms. The lowest BCUT2D eigenvalue weighted by molar-refractivity contribution is -0.123. The third kappa shape index (κ3) is 4.81. The normalized spacial score (nSPS) is 13.6. The fourth-order valence-electron chi connectivity index (χ4n) is 3.21. The van der Waals surface area contributed by atoms with Gasteiger partial charge in [0.1, 0.15) is 5.00 Å². The summed E-state index contributed by atoms with van der Waals surface area (Å²) in [5, 5.41) is 14.8. The van der Waals surface area contributed by atoms with Gasteiger partial charge in [-0.25, -0.2) is 4.79 Å². The van der Waals surface area contributed by atoms with Gasteiger partial charge in [0.15, 0.2) is 6.10 Å². The first-order valence-corrected chi connectivity index (χ1v) is 10.1. The van der Waals surface area contributed by atoms with E-state index in [4.69, 9.17) is 10.00 Å². The van der Waals surface area contributed by atoms with Gasteiger partial charge in [-0.1, -0.05) is 6.07 Å². The van der Waals surface area contributed by atoms with Crippen molar-refractivity contribution in [1.29, 1.82) is 5.26 Å². The van der Waals surface area contributed by atoms with E-state index in [2.05, 4.69) is 10.6 Å². The first kappa shape index (κ1) is 20.6. The zero-order valence-corrected chi connectivity index (χ0v) is 17.0. The molecule has 0 saturated heterocycles. The van der Waals surface area contributed by atoms with Crippen LogP contribution in [0.5, 0.6) is 0 Å². The standard InChI is InChI=1S/C21H21N3O4S/c1-12(19(26)24-15-7-5-6-14(10-15)11-22)28-21(27)18-16-8-3-4-9-17(16)29-20(18)23-13(2)25/h5-7,10,12H,3-4,8-9H2,1-2H3,(H,23,25)(H,24,26)/t12-/m1/s1. The van der Waals surface area contributed by atoms with Gasteiger partial charge in [-0.15, -0.1) is 11.3 Å². The van der Waals surface area contributed by atoms with Crippen molar-refractivity contribution in [2.75, 3.05) is 10.6 Å². The van der Waals surface area contributed by atoms with E-state index in [1.165, 1.54) is 31.3 Å². The van der Waals surface area contributed by atoms with Crippen LogP contribution < -0.4 is 10.6 Å². The van der Waals surface area contributed by atoms with Gasteiger partial charge in [-0.3, -0.25) is 9.59 Å². The largest absolute Gasteiger partial charge is 0.449 e. The molecule has 3 rings (SSSR count). The zero-order chi connectivity index (χ0) is 21.0. The van der Waals surface area contributed by atoms with Crippen molar-refractivity contribution in [1.82, 2.24) is 0 Å². The number of rotatable bonds is 5. The Morgan fingerprint density at radius 1 is 1.21 bits per heavy atom. The van der Waals surface area contributed by atoms with Crippen molar-refractivity contribution in [3.63, 3.8) is 0 Å². The van der Waals surface area contributed by atoms with Crippen LogP contribution in [0.15, 0.2) is 24.3 Å². The molecule has 1 heterocycles. The molecule has 0 aliphatic heterocycles. The Morgan fingerprint density at radius 3 is 2.69 bits per heavy atom. The molecule has 0 unspecified atom stereocenters. The summed E-state index contributed by atoms with van der Waals surface area (Å²) in [5.74, 6) is -1.39. The predicted octanol–water partition coefficient (Wildman–Crippen LogP) is 3.64. The maximum Gasteiger partial charge on any atom is 0.342 e. The number of hydrogen-bond acceptors (Lipinski definition) is 6. The van der Waals surface area contributed by atoms with Crippen LogP contribution in [0.2, 0.25) is 0 Å². The van der Waals surface area contributed by atoms with E-state index in [9.17, 15) is 14.4 Å². The predicted molar refractivity (Wildman–Crippen MR) is 110 cm³/mol. The molecule has 1 aliphatic carbocycles. The number of amides is 2. The van der Waals surface area contributed by atoms with Gasteiger partial charge in [0.05, 0.1) is 17.2 Å². The Morgan fingerprint density at radius 2 is 1.97 bits per heavy atom. The van der Waals surface area contributed by atoms with Gasteiger partial charge in [0.25, 0.3) is 5.91 Å². The molecule has 2 aromatic rings. The molecule has 7 nitrogen and oxygen atoms in total. The van der Waals surface area contributed by atoms with Gasteiger partial charge >= 0.3 is 5.97 Å². The number of nitrogens with one attached hydrogen (secondary N) is 2. The van der Waals surface area contributed by atoms with E-state index in [-0.39, 0.29) is 5.91 Å². The Balaban J connectivity index is 1.75. The van der Waals surface area contributed by atoms with Crippen LogP contribution in [0.3, 0.4) is 0 Å². The number of nitriles is 1. The number of thiophene rings is 1. The lowest BCUT2D eigenvalue weighted by Gasteiger charge is -2.16. The lowest BCUT2D eigenvalue weighted by Crippen LogP contribution is -2.30. The maximum atomic E-state index is 12.9. The average molecular weight is 411 g/mol. The molecule has 0 saturated carbocycles. The second kappa shape index (κ2) is 8.88. The highest BCUT2D eigenvalue weighted by Gasteiger charge is 2.29. The molecule has 0 bridgehead atoms. The number of carbonyl (C=O) groups is 3. The molecule has 2 N–H and O–H groups in total. The molecule has 0 spiro atoms. The number of aryl methyl sites for hydroxylation is 1. The van der Waals surface area contributed by atoms with E-state index in [0.29, 0.717) is 21.8 Å². The van der Waals surface area contributed by atoms with Crippen molar-refractivity contribution in [3.8, 4) is 6.07 Å². The third-order valence-corrected chi connectivity index (χ3v) is 5.78. The van der Waals surface area contributed by atoms with Crippen molar-refractivity contribution in [2.45, 2.75) is 45.6 Å². The number of carbonyl (C=O) groups excluding carboxylic acids is 3. The molecule has 0 radical (unpaired) electrons. The van der Waals surface area contributed by atoms with Crippen LogP contribution in [0.4, 0.5) is 10.7 Å². The first-order valence-electron chi connectivity index (χ1n) is 9.33. The molecule has 1 aliphatic rings. The Bertz CT molecular complexity index is 1010. The van der Waals surface area contributed by atoms with Crippen molar-refractivity contribution in [2.24, 2.45) is 0 Å². The molecule has 1 aromatic heterocycles. The SMILES string of the molecule is CC(=O)Nc1sc2c(c1C(=O)O[C@H](C)C(=O)Nc1cccc(C#N)c1)CCCC2. The van der Waals surface area contributed by atoms with E-state index in [0.717, 1.165) is 36.1 Å². The molecular weight excluding hydrogens is 390 g/mol.